The van der Waals surface area contributed by atoms with Gasteiger partial charge in [0.25, 0.3) is 0 Å². The molecule has 1 aliphatic heterocycles. The van der Waals surface area contributed by atoms with E-state index in [1.165, 1.54) is 25.9 Å². The van der Waals surface area contributed by atoms with Gasteiger partial charge >= 0.3 is 11.9 Å². The largest absolute Gasteiger partial charge is 0.481 e. The average Bonchev–Trinajstić information content (AvgIpc) is 2.57. The van der Waals surface area contributed by atoms with Gasteiger partial charge in [-0.2, -0.15) is 0 Å². The van der Waals surface area contributed by atoms with Crippen LogP contribution >= 0.6 is 0 Å². The third-order valence-electron chi connectivity index (χ3n) is 1.51. The normalized spacial score (nSPS) is 14.5. The maximum atomic E-state index is 9.64. The minimum Gasteiger partial charge on any atom is -0.481 e. The zero-order valence-corrected chi connectivity index (χ0v) is 7.45. The van der Waals surface area contributed by atoms with Crippen LogP contribution in [0.5, 0.6) is 0 Å². The molecule has 0 spiro atoms. The summed E-state index contributed by atoms with van der Waals surface area (Å²) in [5.41, 5.74) is 0. The number of hydrogen-bond acceptors (Lipinski definition) is 3. The first-order valence-electron chi connectivity index (χ1n) is 4.27. The van der Waals surface area contributed by atoms with Gasteiger partial charge in [-0.15, -0.1) is 0 Å². The second kappa shape index (κ2) is 7.54. The molecule has 0 bridgehead atoms. The van der Waals surface area contributed by atoms with Crippen LogP contribution in [0.2, 0.25) is 0 Å². The van der Waals surface area contributed by atoms with Gasteiger partial charge in [0, 0.05) is 0 Å². The summed E-state index contributed by atoms with van der Waals surface area (Å²) >= 11 is 0. The first-order chi connectivity index (χ1) is 6.13. The van der Waals surface area contributed by atoms with E-state index in [9.17, 15) is 9.59 Å². The summed E-state index contributed by atoms with van der Waals surface area (Å²) in [6.45, 7) is 2.50. The number of rotatable bonds is 3. The van der Waals surface area contributed by atoms with Crippen molar-refractivity contribution in [3.63, 3.8) is 0 Å². The van der Waals surface area contributed by atoms with Crippen molar-refractivity contribution in [2.45, 2.75) is 25.7 Å². The smallest absolute Gasteiger partial charge is 0.303 e. The molecule has 1 heterocycles. The third-order valence-corrected chi connectivity index (χ3v) is 1.51. The van der Waals surface area contributed by atoms with E-state index in [1.807, 2.05) is 0 Å². The summed E-state index contributed by atoms with van der Waals surface area (Å²) in [5, 5.41) is 19.0. The van der Waals surface area contributed by atoms with Gasteiger partial charge in [-0.25, -0.2) is 0 Å². The van der Waals surface area contributed by atoms with Gasteiger partial charge in [0.2, 0.25) is 0 Å². The van der Waals surface area contributed by atoms with E-state index in [0.717, 1.165) is 0 Å². The Kier molecular flexibility index (Phi) is 6.91. The summed E-state index contributed by atoms with van der Waals surface area (Å²) in [6.07, 6.45) is 2.19. The lowest BCUT2D eigenvalue weighted by Gasteiger charge is -1.85. The number of nitrogens with one attached hydrogen (secondary N) is 1. The second-order valence-electron chi connectivity index (χ2n) is 2.74. The van der Waals surface area contributed by atoms with E-state index < -0.39 is 11.9 Å². The molecular formula is C8H15NO4. The van der Waals surface area contributed by atoms with Gasteiger partial charge in [-0.05, 0) is 25.9 Å². The number of hydrogen-bond donors (Lipinski definition) is 3. The molecule has 0 saturated carbocycles. The fraction of sp³-hybridized carbons (Fsp3) is 0.750. The molecule has 1 fully saturated rings. The summed E-state index contributed by atoms with van der Waals surface area (Å²) in [6, 6.07) is 0. The van der Waals surface area contributed by atoms with Crippen LogP contribution in [0.3, 0.4) is 0 Å². The summed E-state index contributed by atoms with van der Waals surface area (Å²) < 4.78 is 0. The van der Waals surface area contributed by atoms with Crippen LogP contribution in [0.4, 0.5) is 0 Å². The fourth-order valence-electron chi connectivity index (χ4n) is 0.839. The second-order valence-corrected chi connectivity index (χ2v) is 2.74. The van der Waals surface area contributed by atoms with Crippen molar-refractivity contribution in [2.75, 3.05) is 13.1 Å². The van der Waals surface area contributed by atoms with E-state index in [-0.39, 0.29) is 12.8 Å². The first kappa shape index (κ1) is 11.9. The topological polar surface area (TPSA) is 86.6 Å². The van der Waals surface area contributed by atoms with E-state index in [1.54, 1.807) is 0 Å². The minimum absolute atomic E-state index is 0.296. The summed E-state index contributed by atoms with van der Waals surface area (Å²) in [5.74, 6) is -2.15. The Morgan fingerprint density at radius 2 is 1.38 bits per heavy atom. The molecule has 0 atom stereocenters. The van der Waals surface area contributed by atoms with Crippen LogP contribution in [-0.2, 0) is 9.59 Å². The Morgan fingerprint density at radius 1 is 1.00 bits per heavy atom. The van der Waals surface area contributed by atoms with Gasteiger partial charge in [0.1, 0.15) is 0 Å². The average molecular weight is 189 g/mol. The molecule has 0 aliphatic carbocycles. The van der Waals surface area contributed by atoms with Crippen molar-refractivity contribution < 1.29 is 19.8 Å². The first-order valence-corrected chi connectivity index (χ1v) is 4.27. The maximum Gasteiger partial charge on any atom is 0.303 e. The van der Waals surface area contributed by atoms with E-state index in [0.29, 0.717) is 0 Å². The van der Waals surface area contributed by atoms with Crippen LogP contribution in [0.15, 0.2) is 0 Å². The highest BCUT2D eigenvalue weighted by Gasteiger charge is 2.00. The molecule has 0 aromatic rings. The lowest BCUT2D eigenvalue weighted by atomic mass is 10.3. The Labute approximate surface area is 76.8 Å². The Morgan fingerprint density at radius 3 is 1.54 bits per heavy atom. The van der Waals surface area contributed by atoms with Crippen molar-refractivity contribution in [3.05, 3.63) is 0 Å². The van der Waals surface area contributed by atoms with Crippen molar-refractivity contribution in [3.8, 4) is 0 Å². The van der Waals surface area contributed by atoms with Crippen LogP contribution in [0.1, 0.15) is 25.7 Å². The quantitative estimate of drug-likeness (QED) is 0.594. The third kappa shape index (κ3) is 10.9. The van der Waals surface area contributed by atoms with Crippen LogP contribution in [-0.4, -0.2) is 35.2 Å². The molecule has 13 heavy (non-hydrogen) atoms. The van der Waals surface area contributed by atoms with E-state index >= 15 is 0 Å². The van der Waals surface area contributed by atoms with Crippen molar-refractivity contribution >= 4 is 11.9 Å². The van der Waals surface area contributed by atoms with Gasteiger partial charge in [0.05, 0.1) is 12.8 Å². The molecule has 0 aromatic heterocycles. The molecule has 3 N–H and O–H groups in total. The maximum absolute atomic E-state index is 9.64. The Hall–Kier alpha value is -1.10. The minimum atomic E-state index is -1.08. The van der Waals surface area contributed by atoms with Crippen molar-refractivity contribution in [1.82, 2.24) is 5.32 Å². The molecule has 5 heteroatoms. The lowest BCUT2D eigenvalue weighted by molar-refractivity contribution is -0.143. The standard InChI is InChI=1S/C4H9N.C4H6O4/c1-2-4-5-3-1;5-3(6)1-2-4(7)8/h5H,1-4H2;1-2H2,(H,5,6)(H,7,8). The predicted octanol–water partition coefficient (Wildman–Crippen LogP) is 0.306. The number of carbonyl (C=O) groups is 2. The zero-order valence-electron chi connectivity index (χ0n) is 7.45. The molecule has 0 unspecified atom stereocenters. The molecule has 0 amide bonds. The predicted molar refractivity (Wildman–Crippen MR) is 46.6 cm³/mol. The lowest BCUT2D eigenvalue weighted by Crippen LogP contribution is -2.03. The number of carboxylic acid groups (broad SMARTS) is 2. The van der Waals surface area contributed by atoms with E-state index in [4.69, 9.17) is 10.2 Å². The molecule has 5 nitrogen and oxygen atoms in total. The van der Waals surface area contributed by atoms with Gasteiger partial charge in [-0.3, -0.25) is 9.59 Å². The SMILES string of the molecule is C1CCNC1.O=C(O)CCC(=O)O. The molecule has 0 radical (unpaired) electrons. The Balaban J connectivity index is 0.000000243. The molecule has 1 aliphatic rings. The van der Waals surface area contributed by atoms with Crippen LogP contribution < -0.4 is 5.32 Å². The van der Waals surface area contributed by atoms with Gasteiger partial charge in [-0.1, -0.05) is 0 Å². The molecule has 1 saturated heterocycles. The van der Waals surface area contributed by atoms with Gasteiger partial charge < -0.3 is 15.5 Å². The molecule has 1 rings (SSSR count). The highest BCUT2D eigenvalue weighted by Crippen LogP contribution is 1.90. The van der Waals surface area contributed by atoms with Crippen LogP contribution in [0.25, 0.3) is 0 Å². The summed E-state index contributed by atoms with van der Waals surface area (Å²) in [7, 11) is 0. The van der Waals surface area contributed by atoms with Gasteiger partial charge in [0.15, 0.2) is 0 Å². The van der Waals surface area contributed by atoms with Crippen LogP contribution in [0, 0.1) is 0 Å². The molecule has 76 valence electrons. The number of aliphatic carboxylic acids is 2. The fourth-order valence-corrected chi connectivity index (χ4v) is 0.839. The highest BCUT2D eigenvalue weighted by atomic mass is 16.4. The monoisotopic (exact) mass is 189 g/mol. The molecular weight excluding hydrogens is 174 g/mol. The Bertz CT molecular complexity index is 144. The van der Waals surface area contributed by atoms with Crippen molar-refractivity contribution in [1.29, 1.82) is 0 Å². The zero-order chi connectivity index (χ0) is 10.1. The highest BCUT2D eigenvalue weighted by molar-refractivity contribution is 5.75. The number of carboxylic acids is 2. The molecule has 0 aromatic carbocycles. The van der Waals surface area contributed by atoms with Crippen molar-refractivity contribution in [2.24, 2.45) is 0 Å². The van der Waals surface area contributed by atoms with E-state index in [2.05, 4.69) is 5.32 Å². The summed E-state index contributed by atoms with van der Waals surface area (Å²) in [4.78, 5) is 19.3.